The number of rotatable bonds is 8. The van der Waals surface area contributed by atoms with Crippen molar-refractivity contribution in [2.75, 3.05) is 31.7 Å². The molecule has 0 aromatic heterocycles. The molecule has 0 saturated carbocycles. The fourth-order valence-corrected chi connectivity index (χ4v) is 9.72. The van der Waals surface area contributed by atoms with Gasteiger partial charge in [0.15, 0.2) is 0 Å². The van der Waals surface area contributed by atoms with Gasteiger partial charge in [-0.2, -0.15) is 0 Å². The summed E-state index contributed by atoms with van der Waals surface area (Å²) in [5, 5.41) is 3.57. The Balaban J connectivity index is 2.10. The smallest absolute Gasteiger partial charge is 0.346 e. The third kappa shape index (κ3) is 5.53. The number of fused-ring (bicyclic) bond motifs is 3. The minimum atomic E-state index is -1.47. The number of ether oxygens (including phenoxy) is 4. The Labute approximate surface area is 252 Å². The van der Waals surface area contributed by atoms with Crippen molar-refractivity contribution >= 4 is 70.4 Å². The molecule has 0 atom stereocenters. The SMILES string of the molecule is CCOC(=O)C1=C(C(=O)OCC)SC2(S1)C(C(=O)OCC)=C(C(=O)OCC)SC1=C2c2ccc(C)cc2NC1(C)C. The molecule has 1 aromatic rings. The first-order chi connectivity index (χ1) is 19.4. The Bertz CT molecular complexity index is 1380. The van der Waals surface area contributed by atoms with Crippen LogP contribution < -0.4 is 5.32 Å². The van der Waals surface area contributed by atoms with Gasteiger partial charge in [-0.25, -0.2) is 19.2 Å². The van der Waals surface area contributed by atoms with E-state index in [1.54, 1.807) is 27.7 Å². The molecule has 0 unspecified atom stereocenters. The van der Waals surface area contributed by atoms with Gasteiger partial charge < -0.3 is 24.3 Å². The third-order valence-electron chi connectivity index (χ3n) is 6.34. The molecule has 3 heterocycles. The van der Waals surface area contributed by atoms with Crippen molar-refractivity contribution in [1.29, 1.82) is 0 Å². The fraction of sp³-hybridized carbons (Fsp3) is 0.448. The number of anilines is 1. The Kier molecular flexibility index (Phi) is 9.25. The minimum absolute atomic E-state index is 0.00173. The first-order valence-corrected chi connectivity index (χ1v) is 15.8. The van der Waals surface area contributed by atoms with Gasteiger partial charge in [0.05, 0.1) is 37.5 Å². The predicted molar refractivity (Wildman–Crippen MR) is 162 cm³/mol. The lowest BCUT2D eigenvalue weighted by Gasteiger charge is -2.46. The number of esters is 4. The van der Waals surface area contributed by atoms with Gasteiger partial charge in [0.1, 0.15) is 18.8 Å². The van der Waals surface area contributed by atoms with Gasteiger partial charge in [-0.15, -0.1) is 0 Å². The van der Waals surface area contributed by atoms with Crippen molar-refractivity contribution in [2.45, 2.75) is 58.1 Å². The predicted octanol–water partition coefficient (Wildman–Crippen LogP) is 5.55. The molecule has 3 aliphatic heterocycles. The normalized spacial score (nSPS) is 18.4. The van der Waals surface area contributed by atoms with Crippen molar-refractivity contribution in [1.82, 2.24) is 0 Å². The van der Waals surface area contributed by atoms with E-state index in [1.165, 1.54) is 0 Å². The van der Waals surface area contributed by atoms with Crippen LogP contribution in [0.4, 0.5) is 5.69 Å². The van der Waals surface area contributed by atoms with E-state index in [-0.39, 0.29) is 46.7 Å². The van der Waals surface area contributed by atoms with E-state index >= 15 is 0 Å². The number of carbonyl (C=O) groups excluding carboxylic acids is 4. The maximum atomic E-state index is 13.9. The average molecular weight is 620 g/mol. The van der Waals surface area contributed by atoms with E-state index in [0.29, 0.717) is 5.57 Å². The Morgan fingerprint density at radius 1 is 0.756 bits per heavy atom. The zero-order valence-electron chi connectivity index (χ0n) is 24.1. The van der Waals surface area contributed by atoms with E-state index in [2.05, 4.69) is 5.32 Å². The lowest BCUT2D eigenvalue weighted by Crippen LogP contribution is -2.44. The molecule has 0 bridgehead atoms. The molecule has 0 fully saturated rings. The lowest BCUT2D eigenvalue weighted by atomic mass is 9.85. The number of aryl methyl sites for hydroxylation is 1. The van der Waals surface area contributed by atoms with Crippen LogP contribution in [0.2, 0.25) is 0 Å². The first-order valence-electron chi connectivity index (χ1n) is 13.3. The quantitative estimate of drug-likeness (QED) is 0.290. The molecule has 12 heteroatoms. The minimum Gasteiger partial charge on any atom is -0.463 e. The highest BCUT2D eigenvalue weighted by Crippen LogP contribution is 2.70. The summed E-state index contributed by atoms with van der Waals surface area (Å²) in [5.74, 6) is -2.87. The molecule has 9 nitrogen and oxygen atoms in total. The first kappa shape index (κ1) is 31.1. The number of hydrogen-bond acceptors (Lipinski definition) is 12. The van der Waals surface area contributed by atoms with Gasteiger partial charge >= 0.3 is 23.9 Å². The van der Waals surface area contributed by atoms with Gasteiger partial charge in [-0.05, 0) is 60.1 Å². The maximum Gasteiger partial charge on any atom is 0.346 e. The van der Waals surface area contributed by atoms with Crippen molar-refractivity contribution in [3.05, 3.63) is 54.5 Å². The molecule has 1 spiro atoms. The second-order valence-corrected chi connectivity index (χ2v) is 13.4. The summed E-state index contributed by atoms with van der Waals surface area (Å²) >= 11 is 3.15. The number of carbonyl (C=O) groups is 4. The molecular weight excluding hydrogens is 587 g/mol. The Morgan fingerprint density at radius 3 is 1.76 bits per heavy atom. The highest BCUT2D eigenvalue weighted by molar-refractivity contribution is 8.26. The second kappa shape index (κ2) is 12.2. The van der Waals surface area contributed by atoms with Crippen LogP contribution in [0.15, 0.2) is 43.4 Å². The summed E-state index contributed by atoms with van der Waals surface area (Å²) < 4.78 is 20.1. The highest BCUT2D eigenvalue weighted by Gasteiger charge is 2.60. The van der Waals surface area contributed by atoms with Gasteiger partial charge in [-0.3, -0.25) is 0 Å². The fourth-order valence-electron chi connectivity index (χ4n) is 4.78. The van der Waals surface area contributed by atoms with E-state index in [9.17, 15) is 19.2 Å². The Morgan fingerprint density at radius 2 is 1.24 bits per heavy atom. The number of benzene rings is 1. The molecule has 1 N–H and O–H groups in total. The monoisotopic (exact) mass is 619 g/mol. The molecule has 41 heavy (non-hydrogen) atoms. The van der Waals surface area contributed by atoms with Gasteiger partial charge in [0.2, 0.25) is 0 Å². The molecule has 0 amide bonds. The summed E-state index contributed by atoms with van der Waals surface area (Å²) in [7, 11) is 0. The van der Waals surface area contributed by atoms with Crippen molar-refractivity contribution < 1.29 is 38.1 Å². The molecule has 220 valence electrons. The number of nitrogens with one attached hydrogen (secondary N) is 1. The summed E-state index contributed by atoms with van der Waals surface area (Å²) in [4.78, 5) is 54.8. The van der Waals surface area contributed by atoms with Gasteiger partial charge in [0, 0.05) is 21.7 Å². The third-order valence-corrected chi connectivity index (χ3v) is 11.0. The van der Waals surface area contributed by atoms with E-state index in [4.69, 9.17) is 18.9 Å². The second-order valence-electron chi connectivity index (χ2n) is 9.67. The number of thioether (sulfide) groups is 3. The molecule has 0 radical (unpaired) electrons. The Hall–Kier alpha value is -2.83. The molecule has 0 aliphatic carbocycles. The molecule has 1 aromatic carbocycles. The lowest BCUT2D eigenvalue weighted by molar-refractivity contribution is -0.141. The van der Waals surface area contributed by atoms with Crippen LogP contribution in [0, 0.1) is 6.92 Å². The van der Waals surface area contributed by atoms with Crippen LogP contribution in [0.3, 0.4) is 0 Å². The van der Waals surface area contributed by atoms with Crippen LogP contribution in [-0.2, 0) is 38.1 Å². The molecule has 3 aliphatic rings. The van der Waals surface area contributed by atoms with Crippen molar-refractivity contribution in [2.24, 2.45) is 0 Å². The van der Waals surface area contributed by atoms with E-state index < -0.39 is 33.5 Å². The van der Waals surface area contributed by atoms with E-state index in [1.807, 2.05) is 39.0 Å². The van der Waals surface area contributed by atoms with Crippen LogP contribution in [0.25, 0.3) is 5.57 Å². The highest BCUT2D eigenvalue weighted by atomic mass is 32.2. The standard InChI is InChI=1S/C29H33NO8S3/c1-8-35-24(31)19-20(25(32)36-9-2)39-23-18(16-13-12-15(5)14-17(16)30-28(23,6)7)29(19)40-21(26(33)37-10-3)22(41-29)27(34)38-11-4/h12-14,30H,8-11H2,1-7H3. The van der Waals surface area contributed by atoms with Crippen molar-refractivity contribution in [3.63, 3.8) is 0 Å². The van der Waals surface area contributed by atoms with Crippen LogP contribution >= 0.6 is 35.3 Å². The van der Waals surface area contributed by atoms with Crippen LogP contribution in [-0.4, -0.2) is 59.9 Å². The maximum absolute atomic E-state index is 13.9. The summed E-state index contributed by atoms with van der Waals surface area (Å²) in [6.45, 7) is 12.9. The van der Waals surface area contributed by atoms with Crippen LogP contribution in [0.5, 0.6) is 0 Å². The molecular formula is C29H33NO8S3. The summed E-state index contributed by atoms with van der Waals surface area (Å²) in [6.07, 6.45) is 0. The zero-order chi connectivity index (χ0) is 30.1. The summed E-state index contributed by atoms with van der Waals surface area (Å²) in [6, 6.07) is 5.90. The van der Waals surface area contributed by atoms with Crippen LogP contribution in [0.1, 0.15) is 52.7 Å². The van der Waals surface area contributed by atoms with Gasteiger partial charge in [-0.1, -0.05) is 47.4 Å². The summed E-state index contributed by atoms with van der Waals surface area (Å²) in [5.41, 5.74) is 2.60. The van der Waals surface area contributed by atoms with Crippen molar-refractivity contribution in [3.8, 4) is 0 Å². The zero-order valence-corrected chi connectivity index (χ0v) is 26.5. The topological polar surface area (TPSA) is 117 Å². The van der Waals surface area contributed by atoms with E-state index in [0.717, 1.165) is 57.0 Å². The molecule has 4 rings (SSSR count). The largest absolute Gasteiger partial charge is 0.463 e. The average Bonchev–Trinajstić information content (AvgIpc) is 3.29. The molecule has 0 saturated heterocycles. The number of hydrogen-bond donors (Lipinski definition) is 1. The van der Waals surface area contributed by atoms with Gasteiger partial charge in [0.25, 0.3) is 0 Å².